The van der Waals surface area contributed by atoms with E-state index in [4.69, 9.17) is 0 Å². The monoisotopic (exact) mass is 311 g/mol. The summed E-state index contributed by atoms with van der Waals surface area (Å²) in [7, 11) is 4.27. The fourth-order valence-electron chi connectivity index (χ4n) is 2.93. The van der Waals surface area contributed by atoms with Crippen LogP contribution in [0, 0.1) is 5.92 Å². The maximum absolute atomic E-state index is 12.8. The van der Waals surface area contributed by atoms with E-state index in [0.29, 0.717) is 12.5 Å². The van der Waals surface area contributed by atoms with Gasteiger partial charge in [0.1, 0.15) is 0 Å². The molecule has 0 spiro atoms. The molecular weight excluding hydrogens is 284 g/mol. The molecule has 3 heteroatoms. The second kappa shape index (κ2) is 8.49. The number of rotatable bonds is 7. The summed E-state index contributed by atoms with van der Waals surface area (Å²) in [6.45, 7) is 3.93. The number of amides is 1. The summed E-state index contributed by atoms with van der Waals surface area (Å²) < 4.78 is 0. The Hall–Kier alpha value is -2.13. The molecule has 0 fully saturated rings. The molecule has 0 aromatic heterocycles. The maximum Gasteiger partial charge on any atom is 0.232 e. The highest BCUT2D eigenvalue weighted by Gasteiger charge is 2.22. The lowest BCUT2D eigenvalue weighted by Crippen LogP contribution is -3.06. The molecule has 0 saturated heterocycles. The molecule has 0 heterocycles. The van der Waals surface area contributed by atoms with E-state index in [1.54, 1.807) is 0 Å². The molecule has 2 aromatic carbocycles. The largest absolute Gasteiger partial charge is 0.355 e. The Morgan fingerprint density at radius 2 is 1.43 bits per heavy atom. The molecule has 0 aliphatic carbocycles. The minimum Gasteiger partial charge on any atom is -0.355 e. The number of hydrogen-bond acceptors (Lipinski definition) is 1. The van der Waals surface area contributed by atoms with Gasteiger partial charge < -0.3 is 10.2 Å². The third kappa shape index (κ3) is 5.22. The summed E-state index contributed by atoms with van der Waals surface area (Å²) >= 11 is 0. The van der Waals surface area contributed by atoms with Gasteiger partial charge in [-0.05, 0) is 11.1 Å². The molecule has 1 amide bonds. The van der Waals surface area contributed by atoms with Crippen molar-refractivity contribution < 1.29 is 9.69 Å². The third-order valence-electron chi connectivity index (χ3n) is 3.91. The number of hydrogen-bond donors (Lipinski definition) is 2. The highest BCUT2D eigenvalue weighted by atomic mass is 16.1. The van der Waals surface area contributed by atoms with Gasteiger partial charge >= 0.3 is 0 Å². The highest BCUT2D eigenvalue weighted by Crippen LogP contribution is 2.24. The van der Waals surface area contributed by atoms with Crippen LogP contribution in [0.5, 0.6) is 0 Å². The van der Waals surface area contributed by atoms with Gasteiger partial charge in [-0.2, -0.15) is 0 Å². The van der Waals surface area contributed by atoms with Gasteiger partial charge in [0.2, 0.25) is 5.91 Å². The van der Waals surface area contributed by atoms with Crippen molar-refractivity contribution in [3.05, 3.63) is 71.8 Å². The van der Waals surface area contributed by atoms with Crippen molar-refractivity contribution in [1.82, 2.24) is 5.32 Å². The number of carbonyl (C=O) groups is 1. The molecule has 0 bridgehead atoms. The van der Waals surface area contributed by atoms with Crippen LogP contribution >= 0.6 is 0 Å². The van der Waals surface area contributed by atoms with Crippen LogP contribution in [0.4, 0.5) is 0 Å². The lowest BCUT2D eigenvalue weighted by molar-refractivity contribution is -0.861. The Balaban J connectivity index is 2.13. The van der Waals surface area contributed by atoms with Crippen LogP contribution in [0.1, 0.15) is 24.0 Å². The Labute approximate surface area is 139 Å². The van der Waals surface area contributed by atoms with Gasteiger partial charge in [0.05, 0.1) is 26.6 Å². The van der Waals surface area contributed by atoms with Crippen LogP contribution in [0.2, 0.25) is 0 Å². The molecule has 0 aliphatic rings. The van der Waals surface area contributed by atoms with Crippen molar-refractivity contribution in [2.24, 2.45) is 5.92 Å². The smallest absolute Gasteiger partial charge is 0.232 e. The van der Waals surface area contributed by atoms with Crippen LogP contribution in [0.25, 0.3) is 0 Å². The van der Waals surface area contributed by atoms with E-state index in [1.807, 2.05) is 60.7 Å². The first-order chi connectivity index (χ1) is 11.1. The van der Waals surface area contributed by atoms with E-state index in [-0.39, 0.29) is 11.8 Å². The molecule has 23 heavy (non-hydrogen) atoms. The zero-order chi connectivity index (χ0) is 16.7. The van der Waals surface area contributed by atoms with E-state index < -0.39 is 0 Å². The molecule has 1 atom stereocenters. The first-order valence-electron chi connectivity index (χ1n) is 8.24. The topological polar surface area (TPSA) is 33.5 Å². The zero-order valence-electron chi connectivity index (χ0n) is 14.3. The van der Waals surface area contributed by atoms with Crippen molar-refractivity contribution in [3.8, 4) is 0 Å². The Bertz CT molecular complexity index is 556. The molecule has 0 radical (unpaired) electrons. The van der Waals surface area contributed by atoms with Crippen molar-refractivity contribution in [2.45, 2.75) is 12.8 Å². The molecular formula is C20H27N2O+. The van der Waals surface area contributed by atoms with E-state index in [0.717, 1.165) is 17.7 Å². The third-order valence-corrected chi connectivity index (χ3v) is 3.91. The van der Waals surface area contributed by atoms with Crippen molar-refractivity contribution >= 4 is 5.91 Å². The summed E-state index contributed by atoms with van der Waals surface area (Å²) in [6.07, 6.45) is 0. The Morgan fingerprint density at radius 3 is 1.87 bits per heavy atom. The fourth-order valence-corrected chi connectivity index (χ4v) is 2.93. The van der Waals surface area contributed by atoms with Gasteiger partial charge in [0.25, 0.3) is 0 Å². The van der Waals surface area contributed by atoms with Crippen molar-refractivity contribution in [1.29, 1.82) is 0 Å². The van der Waals surface area contributed by atoms with Gasteiger partial charge in [-0.3, -0.25) is 4.79 Å². The fraction of sp³-hybridized carbons (Fsp3) is 0.350. The molecule has 2 aromatic rings. The van der Waals surface area contributed by atoms with E-state index in [1.165, 1.54) is 4.90 Å². The number of benzene rings is 2. The molecule has 122 valence electrons. The molecule has 2 rings (SSSR count). The molecule has 0 aliphatic heterocycles. The zero-order valence-corrected chi connectivity index (χ0v) is 14.3. The predicted octanol–water partition coefficient (Wildman–Crippen LogP) is 1.72. The van der Waals surface area contributed by atoms with Crippen molar-refractivity contribution in [3.63, 3.8) is 0 Å². The molecule has 0 saturated carbocycles. The molecule has 0 unspecified atom stereocenters. The Morgan fingerprint density at radius 1 is 0.957 bits per heavy atom. The normalized spacial score (nSPS) is 12.4. The minimum atomic E-state index is -0.253. The van der Waals surface area contributed by atoms with Crippen LogP contribution in [-0.2, 0) is 4.79 Å². The summed E-state index contributed by atoms with van der Waals surface area (Å²) in [5.41, 5.74) is 2.06. The standard InChI is InChI=1S/C20H26N2O/c1-16(15-22(2)3)14-21-20(23)19(17-10-6-4-7-11-17)18-12-8-5-9-13-18/h4-13,16,19H,14-15H2,1-3H3,(H,21,23)/p+1/t16-/m1/s1. The lowest BCUT2D eigenvalue weighted by Gasteiger charge is -2.20. The summed E-state index contributed by atoms with van der Waals surface area (Å²) in [6, 6.07) is 20.0. The van der Waals surface area contributed by atoms with E-state index in [2.05, 4.69) is 26.3 Å². The maximum atomic E-state index is 12.8. The van der Waals surface area contributed by atoms with Crippen molar-refractivity contribution in [2.75, 3.05) is 27.2 Å². The summed E-state index contributed by atoms with van der Waals surface area (Å²) in [4.78, 5) is 14.2. The quantitative estimate of drug-likeness (QED) is 0.802. The first kappa shape index (κ1) is 17.2. The van der Waals surface area contributed by atoms with Crippen LogP contribution in [-0.4, -0.2) is 33.1 Å². The van der Waals surface area contributed by atoms with Crippen LogP contribution in [0.15, 0.2) is 60.7 Å². The van der Waals surface area contributed by atoms with Gasteiger partial charge in [0.15, 0.2) is 0 Å². The van der Waals surface area contributed by atoms with Gasteiger partial charge in [-0.15, -0.1) is 0 Å². The first-order valence-corrected chi connectivity index (χ1v) is 8.24. The molecule has 2 N–H and O–H groups in total. The van der Waals surface area contributed by atoms with Crippen LogP contribution < -0.4 is 10.2 Å². The summed E-state index contributed by atoms with van der Waals surface area (Å²) in [5.74, 6) is 0.274. The highest BCUT2D eigenvalue weighted by molar-refractivity contribution is 5.87. The van der Waals surface area contributed by atoms with Crippen LogP contribution in [0.3, 0.4) is 0 Å². The van der Waals surface area contributed by atoms with Gasteiger partial charge in [0, 0.05) is 12.5 Å². The molecule has 3 nitrogen and oxygen atoms in total. The average Bonchev–Trinajstić information content (AvgIpc) is 2.55. The summed E-state index contributed by atoms with van der Waals surface area (Å²) in [5, 5.41) is 3.13. The SMILES string of the molecule is C[C@H](CNC(=O)C(c1ccccc1)c1ccccc1)C[NH+](C)C. The van der Waals surface area contributed by atoms with Gasteiger partial charge in [-0.25, -0.2) is 0 Å². The average molecular weight is 311 g/mol. The lowest BCUT2D eigenvalue weighted by atomic mass is 9.90. The Kier molecular flexibility index (Phi) is 6.36. The predicted molar refractivity (Wildman–Crippen MR) is 94.6 cm³/mol. The van der Waals surface area contributed by atoms with E-state index >= 15 is 0 Å². The van der Waals surface area contributed by atoms with Gasteiger partial charge in [-0.1, -0.05) is 67.6 Å². The number of quaternary nitrogens is 1. The second-order valence-corrected chi connectivity index (χ2v) is 6.52. The number of nitrogens with one attached hydrogen (secondary N) is 2. The minimum absolute atomic E-state index is 0.0722. The number of carbonyl (C=O) groups excluding carboxylic acids is 1. The second-order valence-electron chi connectivity index (χ2n) is 6.52. The van der Waals surface area contributed by atoms with E-state index in [9.17, 15) is 4.79 Å².